The third kappa shape index (κ3) is 1.50. The molecule has 1 N–H and O–H groups in total. The van der Waals surface area contributed by atoms with Crippen LogP contribution in [-0.2, 0) is 4.74 Å². The van der Waals surface area contributed by atoms with Gasteiger partial charge in [0.25, 0.3) is 0 Å². The summed E-state index contributed by atoms with van der Waals surface area (Å²) in [6.45, 7) is 2.07. The number of carbonyl (C=O) groups excluding carboxylic acids is 1. The minimum Gasteiger partial charge on any atom is -0.461 e. The van der Waals surface area contributed by atoms with Crippen LogP contribution in [0.5, 0.6) is 0 Å². The lowest BCUT2D eigenvalue weighted by atomic mass is 10.4. The molecule has 0 spiro atoms. The molecule has 14 heavy (non-hydrogen) atoms. The van der Waals surface area contributed by atoms with Gasteiger partial charge in [0.1, 0.15) is 5.69 Å². The molecule has 74 valence electrons. The first-order valence-electron chi connectivity index (χ1n) is 4.16. The van der Waals surface area contributed by atoms with E-state index in [0.29, 0.717) is 17.8 Å². The van der Waals surface area contributed by atoms with E-state index in [1.165, 1.54) is 6.07 Å². The summed E-state index contributed by atoms with van der Waals surface area (Å²) in [5, 5.41) is -0.262. The van der Waals surface area contributed by atoms with Crippen molar-refractivity contribution in [3.63, 3.8) is 0 Å². The van der Waals surface area contributed by atoms with Gasteiger partial charge in [0.15, 0.2) is 5.13 Å². The summed E-state index contributed by atoms with van der Waals surface area (Å²) in [5.41, 5.74) is 1.00. The normalized spacial score (nSPS) is 10.7. The SMILES string of the molecule is CCOC(=O)c1cc2sc(F)cc2[nH]1. The molecular weight excluding hydrogens is 205 g/mol. The van der Waals surface area contributed by atoms with E-state index in [2.05, 4.69) is 4.98 Å². The third-order valence-corrected chi connectivity index (χ3v) is 2.64. The first kappa shape index (κ1) is 9.21. The van der Waals surface area contributed by atoms with Crippen molar-refractivity contribution in [1.82, 2.24) is 4.98 Å². The van der Waals surface area contributed by atoms with E-state index in [4.69, 9.17) is 4.74 Å². The number of halogens is 1. The van der Waals surface area contributed by atoms with Gasteiger partial charge in [-0.2, -0.15) is 4.39 Å². The van der Waals surface area contributed by atoms with Crippen LogP contribution >= 0.6 is 11.3 Å². The molecule has 0 aliphatic carbocycles. The number of thiophene rings is 1. The first-order valence-corrected chi connectivity index (χ1v) is 4.97. The van der Waals surface area contributed by atoms with Crippen LogP contribution in [0.25, 0.3) is 10.2 Å². The van der Waals surface area contributed by atoms with E-state index in [1.54, 1.807) is 13.0 Å². The molecule has 0 radical (unpaired) electrons. The number of hydrogen-bond acceptors (Lipinski definition) is 3. The van der Waals surface area contributed by atoms with Crippen molar-refractivity contribution in [3.8, 4) is 0 Å². The predicted octanol–water partition coefficient (Wildman–Crippen LogP) is 2.55. The first-order chi connectivity index (χ1) is 6.70. The average molecular weight is 213 g/mol. The Labute approximate surface area is 83.5 Å². The summed E-state index contributed by atoms with van der Waals surface area (Å²) in [5.74, 6) is -0.406. The number of aromatic nitrogens is 1. The van der Waals surface area contributed by atoms with Crippen molar-refractivity contribution in [1.29, 1.82) is 0 Å². The summed E-state index contributed by atoms with van der Waals surface area (Å²) >= 11 is 1.00. The quantitative estimate of drug-likeness (QED) is 0.779. The highest BCUT2D eigenvalue weighted by atomic mass is 32.1. The van der Waals surface area contributed by atoms with Crippen LogP contribution in [-0.4, -0.2) is 17.6 Å². The number of hydrogen-bond donors (Lipinski definition) is 1. The molecule has 0 aliphatic rings. The van der Waals surface area contributed by atoms with E-state index in [0.717, 1.165) is 16.0 Å². The summed E-state index contributed by atoms with van der Waals surface area (Å²) in [7, 11) is 0. The van der Waals surface area contributed by atoms with Gasteiger partial charge in [-0.25, -0.2) is 4.79 Å². The van der Waals surface area contributed by atoms with Gasteiger partial charge in [-0.05, 0) is 13.0 Å². The number of aromatic amines is 1. The highest BCUT2D eigenvalue weighted by Crippen LogP contribution is 2.24. The Kier molecular flexibility index (Phi) is 2.25. The van der Waals surface area contributed by atoms with Crippen molar-refractivity contribution in [3.05, 3.63) is 23.0 Å². The summed E-state index contributed by atoms with van der Waals surface area (Å²) in [6.07, 6.45) is 0. The van der Waals surface area contributed by atoms with Gasteiger partial charge in [-0.15, -0.1) is 11.3 Å². The zero-order chi connectivity index (χ0) is 10.1. The fourth-order valence-corrected chi connectivity index (χ4v) is 1.99. The minimum atomic E-state index is -0.406. The second kappa shape index (κ2) is 3.42. The molecule has 0 aromatic carbocycles. The fourth-order valence-electron chi connectivity index (χ4n) is 1.21. The van der Waals surface area contributed by atoms with Crippen molar-refractivity contribution in [2.24, 2.45) is 0 Å². The Balaban J connectivity index is 2.36. The monoisotopic (exact) mass is 213 g/mol. The van der Waals surface area contributed by atoms with Crippen LogP contribution in [0.2, 0.25) is 0 Å². The Morgan fingerprint density at radius 2 is 2.43 bits per heavy atom. The summed E-state index contributed by atoms with van der Waals surface area (Å²) < 4.78 is 18.2. The van der Waals surface area contributed by atoms with Crippen molar-refractivity contribution in [2.45, 2.75) is 6.92 Å². The molecule has 5 heteroatoms. The maximum atomic E-state index is 12.7. The molecule has 0 fully saturated rings. The van der Waals surface area contributed by atoms with E-state index in [1.807, 2.05) is 0 Å². The molecule has 0 saturated heterocycles. The fraction of sp³-hybridized carbons (Fsp3) is 0.222. The van der Waals surface area contributed by atoms with Gasteiger partial charge in [0, 0.05) is 6.07 Å². The van der Waals surface area contributed by atoms with Crippen LogP contribution in [0.15, 0.2) is 12.1 Å². The van der Waals surface area contributed by atoms with E-state index < -0.39 is 5.97 Å². The number of H-pyrrole nitrogens is 1. The van der Waals surface area contributed by atoms with Gasteiger partial charge in [0.2, 0.25) is 0 Å². The molecule has 0 saturated carbocycles. The number of carbonyl (C=O) groups is 1. The Morgan fingerprint density at radius 3 is 3.07 bits per heavy atom. The summed E-state index contributed by atoms with van der Waals surface area (Å²) in [4.78, 5) is 14.1. The van der Waals surface area contributed by atoms with Gasteiger partial charge in [0.05, 0.1) is 16.8 Å². The molecule has 0 amide bonds. The molecule has 2 heterocycles. The van der Waals surface area contributed by atoms with Gasteiger partial charge in [-0.1, -0.05) is 0 Å². The molecule has 2 aromatic rings. The highest BCUT2D eigenvalue weighted by Gasteiger charge is 2.12. The van der Waals surface area contributed by atoms with E-state index in [-0.39, 0.29) is 5.13 Å². The van der Waals surface area contributed by atoms with Gasteiger partial charge >= 0.3 is 5.97 Å². The lowest BCUT2D eigenvalue weighted by molar-refractivity contribution is 0.0520. The molecule has 0 atom stereocenters. The maximum Gasteiger partial charge on any atom is 0.354 e. The number of nitrogens with one attached hydrogen (secondary N) is 1. The van der Waals surface area contributed by atoms with Crippen LogP contribution in [0.3, 0.4) is 0 Å². The van der Waals surface area contributed by atoms with Crippen molar-refractivity contribution in [2.75, 3.05) is 6.61 Å². The number of esters is 1. The van der Waals surface area contributed by atoms with E-state index >= 15 is 0 Å². The molecule has 3 nitrogen and oxygen atoms in total. The molecule has 0 bridgehead atoms. The smallest absolute Gasteiger partial charge is 0.354 e. The second-order valence-corrected chi connectivity index (χ2v) is 3.77. The van der Waals surface area contributed by atoms with Gasteiger partial charge in [-0.3, -0.25) is 0 Å². The Bertz CT molecular complexity index is 443. The van der Waals surface area contributed by atoms with Crippen LogP contribution in [0.1, 0.15) is 17.4 Å². The van der Waals surface area contributed by atoms with Crippen LogP contribution < -0.4 is 0 Å². The number of fused-ring (bicyclic) bond motifs is 1. The molecular formula is C9H8FNO2S. The maximum absolute atomic E-state index is 12.7. The largest absolute Gasteiger partial charge is 0.461 e. The number of ether oxygens (including phenoxy) is 1. The third-order valence-electron chi connectivity index (χ3n) is 1.77. The van der Waals surface area contributed by atoms with Gasteiger partial charge < -0.3 is 9.72 Å². The zero-order valence-electron chi connectivity index (χ0n) is 7.46. The highest BCUT2D eigenvalue weighted by molar-refractivity contribution is 7.17. The van der Waals surface area contributed by atoms with E-state index in [9.17, 15) is 9.18 Å². The molecule has 0 aliphatic heterocycles. The predicted molar refractivity (Wildman–Crippen MR) is 52.1 cm³/mol. The molecule has 2 aromatic heterocycles. The minimum absolute atomic E-state index is 0.262. The average Bonchev–Trinajstić information content (AvgIpc) is 2.61. The zero-order valence-corrected chi connectivity index (χ0v) is 8.28. The lowest BCUT2D eigenvalue weighted by Crippen LogP contribution is -2.04. The topological polar surface area (TPSA) is 42.1 Å². The van der Waals surface area contributed by atoms with Crippen LogP contribution in [0.4, 0.5) is 4.39 Å². The lowest BCUT2D eigenvalue weighted by Gasteiger charge is -1.96. The van der Waals surface area contributed by atoms with Crippen molar-refractivity contribution >= 4 is 27.5 Å². The Hall–Kier alpha value is -1.36. The standard InChI is InChI=1S/C9H8FNO2S/c1-2-13-9(12)6-3-7-5(11-6)4-8(10)14-7/h3-4,11H,2H2,1H3. The molecule has 2 rings (SSSR count). The van der Waals surface area contributed by atoms with Crippen LogP contribution in [0, 0.1) is 5.13 Å². The number of rotatable bonds is 2. The second-order valence-electron chi connectivity index (χ2n) is 2.73. The summed E-state index contributed by atoms with van der Waals surface area (Å²) in [6, 6.07) is 2.96. The van der Waals surface area contributed by atoms with Crippen molar-refractivity contribution < 1.29 is 13.9 Å². The Morgan fingerprint density at radius 1 is 1.64 bits per heavy atom. The molecule has 0 unspecified atom stereocenters.